The van der Waals surface area contributed by atoms with Crippen molar-refractivity contribution in [1.82, 2.24) is 0 Å². The second-order valence-electron chi connectivity index (χ2n) is 4.33. The number of carbonyl (C=O) groups excluding carboxylic acids is 1. The Morgan fingerprint density at radius 3 is 2.50 bits per heavy atom. The minimum absolute atomic E-state index is 0.402. The molecule has 0 saturated carbocycles. The van der Waals surface area contributed by atoms with Crippen molar-refractivity contribution in [2.24, 2.45) is 5.73 Å². The van der Waals surface area contributed by atoms with Crippen LogP contribution >= 0.6 is 11.6 Å². The average Bonchev–Trinajstić information content (AvgIpc) is 2.38. The highest BCUT2D eigenvalue weighted by molar-refractivity contribution is 6.30. The summed E-state index contributed by atoms with van der Waals surface area (Å²) in [4.78, 5) is 11.9. The second-order valence-corrected chi connectivity index (χ2v) is 4.77. The maximum Gasteiger partial charge on any atom is 0.342 e. The number of carbonyl (C=O) groups is 1. The van der Waals surface area contributed by atoms with Gasteiger partial charge in [0.1, 0.15) is 5.75 Å². The van der Waals surface area contributed by atoms with Gasteiger partial charge in [-0.2, -0.15) is 0 Å². The lowest BCUT2D eigenvalue weighted by molar-refractivity contribution is -0.126. The van der Waals surface area contributed by atoms with Gasteiger partial charge in [-0.15, -0.1) is 0 Å². The third kappa shape index (κ3) is 3.98. The summed E-state index contributed by atoms with van der Waals surface area (Å²) in [6.07, 6.45) is 0. The van der Waals surface area contributed by atoms with Crippen molar-refractivity contribution in [3.8, 4) is 5.75 Å². The van der Waals surface area contributed by atoms with Crippen molar-refractivity contribution in [3.05, 3.63) is 65.2 Å². The molecule has 20 heavy (non-hydrogen) atoms. The Bertz CT molecular complexity index is 599. The summed E-state index contributed by atoms with van der Waals surface area (Å²) in [5, 5.41) is 0.507. The van der Waals surface area contributed by atoms with E-state index in [0.717, 1.165) is 0 Å². The van der Waals surface area contributed by atoms with E-state index in [1.807, 2.05) is 0 Å². The maximum absolute atomic E-state index is 11.9. The highest BCUT2D eigenvalue weighted by Gasteiger charge is 2.26. The standard InChI is InChI=1S/C15H14ClNO3/c1-15(17,19-13-9-5-8-12(16)10-13)20-14(18)11-6-3-2-4-7-11/h2-10H,17H2,1H3. The third-order valence-corrected chi connectivity index (χ3v) is 2.66. The van der Waals surface area contributed by atoms with Crippen molar-refractivity contribution in [2.45, 2.75) is 12.8 Å². The lowest BCUT2D eigenvalue weighted by Crippen LogP contribution is -2.47. The first kappa shape index (κ1) is 14.4. The molecule has 4 nitrogen and oxygen atoms in total. The molecule has 104 valence electrons. The minimum Gasteiger partial charge on any atom is -0.440 e. The Kier molecular flexibility index (Phi) is 4.27. The number of esters is 1. The predicted octanol–water partition coefficient (Wildman–Crippen LogP) is 3.21. The van der Waals surface area contributed by atoms with E-state index in [-0.39, 0.29) is 0 Å². The van der Waals surface area contributed by atoms with Crippen LogP contribution in [0.3, 0.4) is 0 Å². The van der Waals surface area contributed by atoms with Crippen molar-refractivity contribution in [1.29, 1.82) is 0 Å². The Morgan fingerprint density at radius 2 is 1.85 bits per heavy atom. The van der Waals surface area contributed by atoms with Gasteiger partial charge >= 0.3 is 11.9 Å². The number of hydrogen-bond acceptors (Lipinski definition) is 4. The molecule has 0 fully saturated rings. The predicted molar refractivity (Wildman–Crippen MR) is 76.5 cm³/mol. The number of halogens is 1. The molecule has 5 heteroatoms. The molecule has 2 rings (SSSR count). The summed E-state index contributed by atoms with van der Waals surface area (Å²) in [6.45, 7) is 1.45. The van der Waals surface area contributed by atoms with Gasteiger partial charge in [0.05, 0.1) is 5.56 Å². The van der Waals surface area contributed by atoms with Crippen LogP contribution in [0.5, 0.6) is 5.75 Å². The molecule has 0 heterocycles. The molecule has 0 bridgehead atoms. The molecular formula is C15H14ClNO3. The van der Waals surface area contributed by atoms with Crippen LogP contribution in [0, 0.1) is 0 Å². The van der Waals surface area contributed by atoms with Crippen molar-refractivity contribution in [3.63, 3.8) is 0 Å². The van der Waals surface area contributed by atoms with Crippen LogP contribution in [-0.4, -0.2) is 11.9 Å². The molecule has 0 aliphatic heterocycles. The SMILES string of the molecule is CC(N)(OC(=O)c1ccccc1)Oc1cccc(Cl)c1. The highest BCUT2D eigenvalue weighted by Crippen LogP contribution is 2.21. The zero-order chi connectivity index (χ0) is 14.6. The molecule has 0 aliphatic rings. The summed E-state index contributed by atoms with van der Waals surface area (Å²) in [7, 11) is 0. The quantitative estimate of drug-likeness (QED) is 0.694. The monoisotopic (exact) mass is 291 g/mol. The number of hydrogen-bond donors (Lipinski definition) is 1. The van der Waals surface area contributed by atoms with Crippen molar-refractivity contribution < 1.29 is 14.3 Å². The van der Waals surface area contributed by atoms with Crippen LogP contribution in [-0.2, 0) is 4.74 Å². The molecule has 0 aromatic heterocycles. The average molecular weight is 292 g/mol. The first-order valence-electron chi connectivity index (χ1n) is 5.98. The van der Waals surface area contributed by atoms with Gasteiger partial charge in [-0.3, -0.25) is 5.73 Å². The van der Waals surface area contributed by atoms with Crippen LogP contribution in [0.2, 0.25) is 5.02 Å². The fourth-order valence-corrected chi connectivity index (χ4v) is 1.78. The van der Waals surface area contributed by atoms with E-state index < -0.39 is 11.9 Å². The summed E-state index contributed by atoms with van der Waals surface area (Å²) in [6, 6.07) is 15.2. The third-order valence-electron chi connectivity index (χ3n) is 2.42. The fraction of sp³-hybridized carbons (Fsp3) is 0.133. The van der Waals surface area contributed by atoms with Gasteiger partial charge in [0.15, 0.2) is 0 Å². The van der Waals surface area contributed by atoms with E-state index >= 15 is 0 Å². The zero-order valence-electron chi connectivity index (χ0n) is 10.9. The van der Waals surface area contributed by atoms with Gasteiger partial charge in [0, 0.05) is 11.9 Å². The second kappa shape index (κ2) is 5.94. The van der Waals surface area contributed by atoms with Gasteiger partial charge in [-0.1, -0.05) is 35.9 Å². The topological polar surface area (TPSA) is 61.5 Å². The molecule has 0 radical (unpaired) electrons. The smallest absolute Gasteiger partial charge is 0.342 e. The number of ether oxygens (including phenoxy) is 2. The van der Waals surface area contributed by atoms with Crippen molar-refractivity contribution in [2.75, 3.05) is 0 Å². The first-order valence-corrected chi connectivity index (χ1v) is 6.36. The lowest BCUT2D eigenvalue weighted by Gasteiger charge is -2.25. The van der Waals surface area contributed by atoms with E-state index in [1.54, 1.807) is 54.6 Å². The molecule has 1 atom stereocenters. The Balaban J connectivity index is 2.06. The lowest BCUT2D eigenvalue weighted by atomic mass is 10.2. The highest BCUT2D eigenvalue weighted by atomic mass is 35.5. The number of rotatable bonds is 4. The Morgan fingerprint density at radius 1 is 1.15 bits per heavy atom. The van der Waals surface area contributed by atoms with E-state index in [2.05, 4.69) is 0 Å². The molecule has 2 N–H and O–H groups in total. The minimum atomic E-state index is -1.59. The van der Waals surface area contributed by atoms with E-state index in [9.17, 15) is 4.79 Å². The van der Waals surface area contributed by atoms with Crippen LogP contribution in [0.4, 0.5) is 0 Å². The summed E-state index contributed by atoms with van der Waals surface area (Å²) in [5.74, 6) is -1.72. The Hall–Kier alpha value is -2.04. The molecule has 2 aromatic carbocycles. The van der Waals surface area contributed by atoms with Gasteiger partial charge < -0.3 is 9.47 Å². The fourth-order valence-electron chi connectivity index (χ4n) is 1.60. The number of benzene rings is 2. The van der Waals surface area contributed by atoms with E-state index in [0.29, 0.717) is 16.3 Å². The summed E-state index contributed by atoms with van der Waals surface area (Å²) in [5.41, 5.74) is 6.23. The van der Waals surface area contributed by atoms with Crippen LogP contribution < -0.4 is 10.5 Å². The van der Waals surface area contributed by atoms with E-state index in [1.165, 1.54) is 6.92 Å². The van der Waals surface area contributed by atoms with Crippen LogP contribution in [0.15, 0.2) is 54.6 Å². The van der Waals surface area contributed by atoms with Gasteiger partial charge in [-0.05, 0) is 30.3 Å². The zero-order valence-corrected chi connectivity index (χ0v) is 11.6. The van der Waals surface area contributed by atoms with Gasteiger partial charge in [0.25, 0.3) is 0 Å². The van der Waals surface area contributed by atoms with Crippen LogP contribution in [0.25, 0.3) is 0 Å². The molecule has 2 aromatic rings. The normalized spacial score (nSPS) is 13.3. The molecule has 0 spiro atoms. The summed E-state index contributed by atoms with van der Waals surface area (Å²) < 4.78 is 10.6. The Labute approximate surface area is 122 Å². The van der Waals surface area contributed by atoms with Gasteiger partial charge in [0.2, 0.25) is 0 Å². The van der Waals surface area contributed by atoms with E-state index in [4.69, 9.17) is 26.8 Å². The summed E-state index contributed by atoms with van der Waals surface area (Å²) >= 11 is 5.85. The molecule has 0 saturated heterocycles. The van der Waals surface area contributed by atoms with Crippen molar-refractivity contribution >= 4 is 17.6 Å². The molecular weight excluding hydrogens is 278 g/mol. The molecule has 0 amide bonds. The van der Waals surface area contributed by atoms with Crippen LogP contribution in [0.1, 0.15) is 17.3 Å². The molecule has 0 aliphatic carbocycles. The molecule has 1 unspecified atom stereocenters. The largest absolute Gasteiger partial charge is 0.440 e. The maximum atomic E-state index is 11.9. The number of nitrogens with two attached hydrogens (primary N) is 1. The first-order chi connectivity index (χ1) is 9.46. The van der Waals surface area contributed by atoms with Gasteiger partial charge in [-0.25, -0.2) is 4.79 Å².